The van der Waals surface area contributed by atoms with Crippen LogP contribution in [0.1, 0.15) is 15.9 Å². The second kappa shape index (κ2) is 8.35. The molecular weight excluding hydrogens is 360 g/mol. The molecular formula is C24H20N4O. The Hall–Kier alpha value is -3.99. The summed E-state index contributed by atoms with van der Waals surface area (Å²) in [6.07, 6.45) is 3.57. The molecule has 0 fully saturated rings. The fourth-order valence-corrected chi connectivity index (χ4v) is 2.88. The van der Waals surface area contributed by atoms with Crippen LogP contribution in [-0.4, -0.2) is 15.9 Å². The number of para-hydroxylation sites is 1. The Bertz CT molecular complexity index is 1110. The van der Waals surface area contributed by atoms with E-state index >= 15 is 0 Å². The lowest BCUT2D eigenvalue weighted by atomic mass is 10.1. The quantitative estimate of drug-likeness (QED) is 0.483. The minimum atomic E-state index is -0.171. The van der Waals surface area contributed by atoms with E-state index < -0.39 is 0 Å². The van der Waals surface area contributed by atoms with E-state index in [0.717, 1.165) is 22.5 Å². The number of hydrogen-bond donors (Lipinski definition) is 2. The van der Waals surface area contributed by atoms with Crippen LogP contribution < -0.4 is 10.6 Å². The third kappa shape index (κ3) is 4.65. The van der Waals surface area contributed by atoms with Gasteiger partial charge in [0.2, 0.25) is 5.95 Å². The molecule has 1 amide bonds. The Kier molecular flexibility index (Phi) is 5.29. The fraction of sp³-hybridized carbons (Fsp3) is 0.0417. The van der Waals surface area contributed by atoms with E-state index in [-0.39, 0.29) is 5.91 Å². The Morgan fingerprint density at radius 2 is 1.45 bits per heavy atom. The first kappa shape index (κ1) is 18.4. The number of aryl methyl sites for hydroxylation is 1. The minimum Gasteiger partial charge on any atom is -0.324 e. The lowest BCUT2D eigenvalue weighted by Crippen LogP contribution is -2.12. The second-order valence-electron chi connectivity index (χ2n) is 6.69. The van der Waals surface area contributed by atoms with Gasteiger partial charge >= 0.3 is 0 Å². The topological polar surface area (TPSA) is 66.9 Å². The highest BCUT2D eigenvalue weighted by molar-refractivity contribution is 6.04. The summed E-state index contributed by atoms with van der Waals surface area (Å²) in [4.78, 5) is 21.3. The fourth-order valence-electron chi connectivity index (χ4n) is 2.88. The lowest BCUT2D eigenvalue weighted by Gasteiger charge is -2.09. The first-order valence-corrected chi connectivity index (χ1v) is 9.30. The Morgan fingerprint density at radius 3 is 2.17 bits per heavy atom. The molecule has 0 radical (unpaired) electrons. The maximum atomic E-state index is 12.5. The molecule has 5 nitrogen and oxygen atoms in total. The number of carbonyl (C=O) groups excluding carboxylic acids is 1. The molecule has 0 saturated heterocycles. The summed E-state index contributed by atoms with van der Waals surface area (Å²) in [5.74, 6) is 0.303. The van der Waals surface area contributed by atoms with E-state index in [1.165, 1.54) is 5.56 Å². The number of rotatable bonds is 5. The van der Waals surface area contributed by atoms with Crippen LogP contribution >= 0.6 is 0 Å². The van der Waals surface area contributed by atoms with Crippen LogP contribution in [0.5, 0.6) is 0 Å². The van der Waals surface area contributed by atoms with Gasteiger partial charge in [-0.25, -0.2) is 9.97 Å². The van der Waals surface area contributed by atoms with Gasteiger partial charge in [-0.2, -0.15) is 0 Å². The second-order valence-corrected chi connectivity index (χ2v) is 6.69. The monoisotopic (exact) mass is 380 g/mol. The van der Waals surface area contributed by atoms with Crippen molar-refractivity contribution in [2.45, 2.75) is 6.92 Å². The molecule has 3 aromatic carbocycles. The van der Waals surface area contributed by atoms with Gasteiger partial charge in [-0.3, -0.25) is 4.79 Å². The molecule has 0 bridgehead atoms. The van der Waals surface area contributed by atoms with Crippen LogP contribution in [0.25, 0.3) is 11.1 Å². The van der Waals surface area contributed by atoms with Crippen LogP contribution in [0.2, 0.25) is 0 Å². The maximum Gasteiger partial charge on any atom is 0.255 e. The first-order chi connectivity index (χ1) is 14.2. The van der Waals surface area contributed by atoms with Crippen LogP contribution in [0.3, 0.4) is 0 Å². The predicted molar refractivity (Wildman–Crippen MR) is 116 cm³/mol. The van der Waals surface area contributed by atoms with Crippen molar-refractivity contribution in [1.82, 2.24) is 9.97 Å². The van der Waals surface area contributed by atoms with Crippen molar-refractivity contribution in [1.29, 1.82) is 0 Å². The number of nitrogens with one attached hydrogen (secondary N) is 2. The summed E-state index contributed by atoms with van der Waals surface area (Å²) >= 11 is 0. The minimum absolute atomic E-state index is 0.171. The van der Waals surface area contributed by atoms with Gasteiger partial charge in [-0.1, -0.05) is 54.1 Å². The molecule has 0 spiro atoms. The van der Waals surface area contributed by atoms with Crippen LogP contribution in [0.4, 0.5) is 17.3 Å². The van der Waals surface area contributed by atoms with Gasteiger partial charge in [-0.15, -0.1) is 0 Å². The molecule has 0 aliphatic heterocycles. The van der Waals surface area contributed by atoms with Crippen molar-refractivity contribution in [3.8, 4) is 11.1 Å². The zero-order valence-electron chi connectivity index (χ0n) is 16.0. The smallest absolute Gasteiger partial charge is 0.255 e. The number of hydrogen-bond acceptors (Lipinski definition) is 4. The van der Waals surface area contributed by atoms with E-state index in [2.05, 4.69) is 51.8 Å². The summed E-state index contributed by atoms with van der Waals surface area (Å²) in [7, 11) is 0. The summed E-state index contributed by atoms with van der Waals surface area (Å²) in [6, 6.07) is 24.8. The van der Waals surface area contributed by atoms with Crippen LogP contribution in [0.15, 0.2) is 91.3 Å². The van der Waals surface area contributed by atoms with Crippen molar-refractivity contribution in [3.05, 3.63) is 102 Å². The molecule has 0 unspecified atom stereocenters. The zero-order chi connectivity index (χ0) is 20.1. The molecule has 0 aliphatic rings. The molecule has 1 heterocycles. The van der Waals surface area contributed by atoms with Gasteiger partial charge in [0.1, 0.15) is 0 Å². The molecule has 142 valence electrons. The maximum absolute atomic E-state index is 12.5. The van der Waals surface area contributed by atoms with Gasteiger partial charge in [0.25, 0.3) is 5.91 Å². The molecule has 1 aromatic heterocycles. The molecule has 0 saturated carbocycles. The van der Waals surface area contributed by atoms with Crippen LogP contribution in [0, 0.1) is 6.92 Å². The predicted octanol–water partition coefficient (Wildman–Crippen LogP) is 5.45. The Labute approximate surface area is 169 Å². The highest BCUT2D eigenvalue weighted by Crippen LogP contribution is 2.20. The van der Waals surface area contributed by atoms with Crippen molar-refractivity contribution >= 4 is 23.2 Å². The number of aromatic nitrogens is 2. The zero-order valence-corrected chi connectivity index (χ0v) is 16.0. The summed E-state index contributed by atoms with van der Waals surface area (Å²) in [6.45, 7) is 2.06. The van der Waals surface area contributed by atoms with E-state index in [1.54, 1.807) is 24.5 Å². The summed E-state index contributed by atoms with van der Waals surface area (Å²) in [5.41, 5.74) is 5.28. The Balaban J connectivity index is 1.46. The third-order valence-corrected chi connectivity index (χ3v) is 4.45. The number of carbonyl (C=O) groups is 1. The van der Waals surface area contributed by atoms with Gasteiger partial charge in [0, 0.05) is 34.9 Å². The van der Waals surface area contributed by atoms with Crippen molar-refractivity contribution < 1.29 is 4.79 Å². The standard InChI is InChI=1S/C24H20N4O/c1-17-10-12-18(13-11-17)20-15-25-24(26-16-20)28-22-9-5-6-19(14-22)23(29)27-21-7-3-2-4-8-21/h2-16H,1H3,(H,27,29)(H,25,26,28). The van der Waals surface area contributed by atoms with E-state index in [4.69, 9.17) is 0 Å². The Morgan fingerprint density at radius 1 is 0.759 bits per heavy atom. The number of anilines is 3. The van der Waals surface area contributed by atoms with Crippen molar-refractivity contribution in [2.75, 3.05) is 10.6 Å². The molecule has 5 heteroatoms. The third-order valence-electron chi connectivity index (χ3n) is 4.45. The number of benzene rings is 3. The van der Waals surface area contributed by atoms with Crippen molar-refractivity contribution in [3.63, 3.8) is 0 Å². The SMILES string of the molecule is Cc1ccc(-c2cnc(Nc3cccc(C(=O)Nc4ccccc4)c3)nc2)cc1. The number of amides is 1. The molecule has 29 heavy (non-hydrogen) atoms. The summed E-state index contributed by atoms with van der Waals surface area (Å²) in [5, 5.41) is 6.03. The largest absolute Gasteiger partial charge is 0.324 e. The van der Waals surface area contributed by atoms with Crippen molar-refractivity contribution in [2.24, 2.45) is 0 Å². The van der Waals surface area contributed by atoms with Gasteiger partial charge in [0.15, 0.2) is 0 Å². The first-order valence-electron chi connectivity index (χ1n) is 9.30. The van der Waals surface area contributed by atoms with Gasteiger partial charge < -0.3 is 10.6 Å². The normalized spacial score (nSPS) is 10.4. The molecule has 0 aliphatic carbocycles. The highest BCUT2D eigenvalue weighted by Gasteiger charge is 2.08. The number of nitrogens with zero attached hydrogens (tertiary/aromatic N) is 2. The van der Waals surface area contributed by atoms with Gasteiger partial charge in [0.05, 0.1) is 0 Å². The highest BCUT2D eigenvalue weighted by atomic mass is 16.1. The average molecular weight is 380 g/mol. The molecule has 2 N–H and O–H groups in total. The van der Waals surface area contributed by atoms with E-state index in [1.807, 2.05) is 42.5 Å². The lowest BCUT2D eigenvalue weighted by molar-refractivity contribution is 0.102. The van der Waals surface area contributed by atoms with E-state index in [0.29, 0.717) is 11.5 Å². The molecule has 4 rings (SSSR count). The van der Waals surface area contributed by atoms with E-state index in [9.17, 15) is 4.79 Å². The summed E-state index contributed by atoms with van der Waals surface area (Å²) < 4.78 is 0. The average Bonchev–Trinajstić information content (AvgIpc) is 2.76. The molecule has 0 atom stereocenters. The van der Waals surface area contributed by atoms with Crippen LogP contribution in [-0.2, 0) is 0 Å². The van der Waals surface area contributed by atoms with Gasteiger partial charge in [-0.05, 0) is 42.8 Å². The molecule has 4 aromatic rings.